The second kappa shape index (κ2) is 5.56. The van der Waals surface area contributed by atoms with Gasteiger partial charge in [0.1, 0.15) is 0 Å². The van der Waals surface area contributed by atoms with Crippen LogP contribution in [0.25, 0.3) is 0 Å². The lowest BCUT2D eigenvalue weighted by Gasteiger charge is -2.09. The van der Waals surface area contributed by atoms with Gasteiger partial charge in [0, 0.05) is 18.8 Å². The number of benzene rings is 1. The van der Waals surface area contributed by atoms with Crippen molar-refractivity contribution in [2.24, 2.45) is 12.2 Å². The summed E-state index contributed by atoms with van der Waals surface area (Å²) in [6.07, 6.45) is 1.67. The minimum atomic E-state index is -0.242. The van der Waals surface area contributed by atoms with Crippen LogP contribution in [0.1, 0.15) is 28.5 Å². The lowest BCUT2D eigenvalue weighted by molar-refractivity contribution is 0.102. The highest BCUT2D eigenvalue weighted by molar-refractivity contribution is 6.10. The van der Waals surface area contributed by atoms with Crippen molar-refractivity contribution in [3.63, 3.8) is 0 Å². The zero-order valence-electron chi connectivity index (χ0n) is 11.6. The molecule has 2 N–H and O–H groups in total. The molecule has 1 aromatic heterocycles. The van der Waals surface area contributed by atoms with Crippen LogP contribution in [0.3, 0.4) is 0 Å². The molecule has 1 amide bonds. The Labute approximate surface area is 116 Å². The number of para-hydroxylation sites is 1. The van der Waals surface area contributed by atoms with E-state index in [0.29, 0.717) is 28.2 Å². The van der Waals surface area contributed by atoms with E-state index in [1.807, 2.05) is 6.07 Å². The number of carbonyl (C=O) groups excluding carboxylic acids is 1. The lowest BCUT2D eigenvalue weighted by Crippen LogP contribution is -2.14. The maximum Gasteiger partial charge on any atom is 0.259 e. The van der Waals surface area contributed by atoms with Gasteiger partial charge in [-0.3, -0.25) is 9.48 Å². The highest BCUT2D eigenvalue weighted by atomic mass is 16.4. The summed E-state index contributed by atoms with van der Waals surface area (Å²) in [6.45, 7) is 3.45. The van der Waals surface area contributed by atoms with Gasteiger partial charge in [-0.1, -0.05) is 23.4 Å². The second-order valence-corrected chi connectivity index (χ2v) is 4.49. The topological polar surface area (TPSA) is 79.5 Å². The van der Waals surface area contributed by atoms with Crippen molar-refractivity contribution < 1.29 is 10.0 Å². The molecule has 1 heterocycles. The van der Waals surface area contributed by atoms with Gasteiger partial charge in [0.25, 0.3) is 5.91 Å². The van der Waals surface area contributed by atoms with E-state index in [-0.39, 0.29) is 5.91 Å². The fourth-order valence-electron chi connectivity index (χ4n) is 1.97. The average molecular weight is 272 g/mol. The summed E-state index contributed by atoms with van der Waals surface area (Å²) in [6, 6.07) is 7.16. The van der Waals surface area contributed by atoms with Crippen molar-refractivity contribution in [2.45, 2.75) is 13.8 Å². The molecule has 0 bridgehead atoms. The smallest absolute Gasteiger partial charge is 0.259 e. The van der Waals surface area contributed by atoms with Crippen LogP contribution >= 0.6 is 0 Å². The van der Waals surface area contributed by atoms with E-state index in [1.165, 1.54) is 0 Å². The molecular weight excluding hydrogens is 256 g/mol. The van der Waals surface area contributed by atoms with Gasteiger partial charge in [-0.2, -0.15) is 5.10 Å². The Balaban J connectivity index is 2.31. The van der Waals surface area contributed by atoms with Gasteiger partial charge < -0.3 is 10.5 Å². The summed E-state index contributed by atoms with van der Waals surface area (Å²) < 4.78 is 1.59. The number of aromatic nitrogens is 2. The highest BCUT2D eigenvalue weighted by Gasteiger charge is 2.14. The molecule has 0 saturated heterocycles. The monoisotopic (exact) mass is 272 g/mol. The van der Waals surface area contributed by atoms with E-state index >= 15 is 0 Å². The Kier molecular flexibility index (Phi) is 3.84. The van der Waals surface area contributed by atoms with E-state index in [1.54, 1.807) is 50.0 Å². The highest BCUT2D eigenvalue weighted by Crippen LogP contribution is 2.18. The number of carbonyl (C=O) groups is 1. The molecular formula is C14H16N4O2. The first-order valence-electron chi connectivity index (χ1n) is 6.12. The van der Waals surface area contributed by atoms with Crippen LogP contribution in [0.15, 0.2) is 35.6 Å². The van der Waals surface area contributed by atoms with Crippen LogP contribution in [0.4, 0.5) is 5.69 Å². The van der Waals surface area contributed by atoms with Gasteiger partial charge in [-0.05, 0) is 19.9 Å². The summed E-state index contributed by atoms with van der Waals surface area (Å²) >= 11 is 0. The third-order valence-electron chi connectivity index (χ3n) is 2.97. The second-order valence-electron chi connectivity index (χ2n) is 4.49. The Hall–Kier alpha value is -2.63. The number of anilines is 1. The fourth-order valence-corrected chi connectivity index (χ4v) is 1.97. The number of rotatable bonds is 3. The first kappa shape index (κ1) is 13.8. The molecule has 0 unspecified atom stereocenters. The molecule has 1 aromatic carbocycles. The maximum atomic E-state index is 12.2. The number of aryl methyl sites for hydroxylation is 2. The molecule has 20 heavy (non-hydrogen) atoms. The molecule has 104 valence electrons. The Morgan fingerprint density at radius 3 is 2.65 bits per heavy atom. The normalized spacial score (nSPS) is 11.4. The largest absolute Gasteiger partial charge is 0.411 e. The predicted molar refractivity (Wildman–Crippen MR) is 76.3 cm³/mol. The van der Waals surface area contributed by atoms with E-state index < -0.39 is 0 Å². The summed E-state index contributed by atoms with van der Waals surface area (Å²) in [5, 5.41) is 19.0. The van der Waals surface area contributed by atoms with Crippen LogP contribution < -0.4 is 5.32 Å². The van der Waals surface area contributed by atoms with Crippen LogP contribution in [-0.2, 0) is 7.05 Å². The lowest BCUT2D eigenvalue weighted by atomic mass is 10.1. The standard InChI is InChI=1S/C14H16N4O2/c1-9-12(8-18(3)16-9)14(19)15-13-7-5-4-6-11(13)10(2)17-20/h4-8,20H,1-3H3,(H,15,19)/b17-10-. The van der Waals surface area contributed by atoms with Crippen LogP contribution in [0, 0.1) is 6.92 Å². The molecule has 0 aliphatic rings. The molecule has 0 saturated carbocycles. The molecule has 0 aliphatic heterocycles. The van der Waals surface area contributed by atoms with E-state index in [0.717, 1.165) is 0 Å². The zero-order valence-corrected chi connectivity index (χ0v) is 11.6. The summed E-state index contributed by atoms with van der Waals surface area (Å²) in [5.74, 6) is -0.242. The number of nitrogens with zero attached hydrogens (tertiary/aromatic N) is 3. The van der Waals surface area contributed by atoms with Gasteiger partial charge in [-0.15, -0.1) is 0 Å². The van der Waals surface area contributed by atoms with Crippen LogP contribution in [0.2, 0.25) is 0 Å². The number of oxime groups is 1. The SMILES string of the molecule is C/C(=N/O)c1ccccc1NC(=O)c1cn(C)nc1C. The predicted octanol–water partition coefficient (Wildman–Crippen LogP) is 2.18. The summed E-state index contributed by atoms with van der Waals surface area (Å²) in [5.41, 5.74) is 2.88. The molecule has 0 aliphatic carbocycles. The van der Waals surface area contributed by atoms with E-state index in [9.17, 15) is 4.79 Å². The van der Waals surface area contributed by atoms with Crippen LogP contribution in [0.5, 0.6) is 0 Å². The Morgan fingerprint density at radius 1 is 1.35 bits per heavy atom. The fraction of sp³-hybridized carbons (Fsp3) is 0.214. The number of nitrogens with one attached hydrogen (secondary N) is 1. The van der Waals surface area contributed by atoms with Gasteiger partial charge in [-0.25, -0.2) is 0 Å². The molecule has 2 rings (SSSR count). The summed E-state index contributed by atoms with van der Waals surface area (Å²) in [4.78, 5) is 12.2. The third kappa shape index (κ3) is 2.69. The Morgan fingerprint density at radius 2 is 2.05 bits per heavy atom. The maximum absolute atomic E-state index is 12.2. The number of hydrogen-bond acceptors (Lipinski definition) is 4. The Bertz CT molecular complexity index is 674. The van der Waals surface area contributed by atoms with Crippen LogP contribution in [-0.4, -0.2) is 26.6 Å². The molecule has 2 aromatic rings. The average Bonchev–Trinajstić information content (AvgIpc) is 2.77. The van der Waals surface area contributed by atoms with Crippen molar-refractivity contribution in [1.29, 1.82) is 0 Å². The zero-order chi connectivity index (χ0) is 14.7. The molecule has 0 fully saturated rings. The van der Waals surface area contributed by atoms with Gasteiger partial charge >= 0.3 is 0 Å². The molecule has 6 heteroatoms. The number of hydrogen-bond donors (Lipinski definition) is 2. The third-order valence-corrected chi connectivity index (χ3v) is 2.97. The van der Waals surface area contributed by atoms with Gasteiger partial charge in [0.2, 0.25) is 0 Å². The summed E-state index contributed by atoms with van der Waals surface area (Å²) in [7, 11) is 1.76. The van der Waals surface area contributed by atoms with Crippen molar-refractivity contribution in [3.8, 4) is 0 Å². The van der Waals surface area contributed by atoms with E-state index in [4.69, 9.17) is 5.21 Å². The number of amides is 1. The van der Waals surface area contributed by atoms with Crippen molar-refractivity contribution in [1.82, 2.24) is 9.78 Å². The van der Waals surface area contributed by atoms with Crippen molar-refractivity contribution in [3.05, 3.63) is 47.3 Å². The van der Waals surface area contributed by atoms with Gasteiger partial charge in [0.15, 0.2) is 0 Å². The minimum Gasteiger partial charge on any atom is -0.411 e. The van der Waals surface area contributed by atoms with Gasteiger partial charge in [0.05, 0.1) is 22.7 Å². The molecule has 0 radical (unpaired) electrons. The quantitative estimate of drug-likeness (QED) is 0.510. The first-order valence-corrected chi connectivity index (χ1v) is 6.12. The molecule has 0 spiro atoms. The van der Waals surface area contributed by atoms with E-state index in [2.05, 4.69) is 15.6 Å². The van der Waals surface area contributed by atoms with Crippen molar-refractivity contribution >= 4 is 17.3 Å². The first-order chi connectivity index (χ1) is 9.52. The minimum absolute atomic E-state index is 0.242. The molecule has 6 nitrogen and oxygen atoms in total. The van der Waals surface area contributed by atoms with Crippen molar-refractivity contribution in [2.75, 3.05) is 5.32 Å². The molecule has 0 atom stereocenters.